The largest absolute Gasteiger partial charge is 0.504 e. The van der Waals surface area contributed by atoms with Crippen molar-refractivity contribution in [2.24, 2.45) is 7.05 Å². The first-order valence-corrected chi connectivity index (χ1v) is 8.74. The Morgan fingerprint density at radius 2 is 1.96 bits per heavy atom. The van der Waals surface area contributed by atoms with Crippen molar-refractivity contribution in [1.29, 1.82) is 0 Å². The van der Waals surface area contributed by atoms with Crippen molar-refractivity contribution in [3.8, 4) is 0 Å². The summed E-state index contributed by atoms with van der Waals surface area (Å²) < 4.78 is 33.3. The smallest absolute Gasteiger partial charge is 0.359 e. The molecule has 0 saturated carbocycles. The fraction of sp³-hybridized carbons (Fsp3) is 0.214. The second-order valence-electron chi connectivity index (χ2n) is 5.06. The van der Waals surface area contributed by atoms with Crippen molar-refractivity contribution in [2.45, 2.75) is 4.90 Å². The Kier molecular flexibility index (Phi) is 3.45. The third-order valence-electron chi connectivity index (χ3n) is 3.88. The number of ether oxygens (including phenoxy) is 1. The normalized spacial score (nSPS) is 16.6. The lowest BCUT2D eigenvalue weighted by Crippen LogP contribution is -2.35. The van der Waals surface area contributed by atoms with E-state index in [2.05, 4.69) is 20.7 Å². The maximum atomic E-state index is 12.9. The van der Waals surface area contributed by atoms with Gasteiger partial charge in [0.2, 0.25) is 0 Å². The lowest BCUT2D eigenvalue weighted by molar-refractivity contribution is -0.137. The van der Waals surface area contributed by atoms with Crippen LogP contribution in [-0.2, 0) is 26.6 Å². The van der Waals surface area contributed by atoms with Gasteiger partial charge in [-0.25, -0.2) is 13.2 Å². The van der Waals surface area contributed by atoms with Gasteiger partial charge in [0.05, 0.1) is 7.11 Å². The zero-order valence-electron chi connectivity index (χ0n) is 12.5. The predicted molar refractivity (Wildman–Crippen MR) is 87.1 cm³/mol. The third-order valence-corrected chi connectivity index (χ3v) is 6.20. The molecular weight excluding hydrogens is 388 g/mol. The molecule has 0 spiro atoms. The van der Waals surface area contributed by atoms with Crippen LogP contribution < -0.4 is 0 Å². The van der Waals surface area contributed by atoms with Crippen molar-refractivity contribution in [1.82, 2.24) is 8.87 Å². The van der Waals surface area contributed by atoms with Crippen LogP contribution in [0.15, 0.2) is 33.3 Å². The minimum atomic E-state index is -4.01. The molecule has 0 saturated heterocycles. The fourth-order valence-corrected chi connectivity index (χ4v) is 4.71. The third kappa shape index (κ3) is 1.99. The summed E-state index contributed by atoms with van der Waals surface area (Å²) in [6.45, 7) is 0. The summed E-state index contributed by atoms with van der Waals surface area (Å²) >= 11 is 3.32. The van der Waals surface area contributed by atoms with Crippen LogP contribution in [0.1, 0.15) is 5.69 Å². The number of hydrogen-bond acceptors (Lipinski definition) is 5. The number of aromatic nitrogens is 1. The molecule has 0 unspecified atom stereocenters. The fourth-order valence-electron chi connectivity index (χ4n) is 2.75. The molecule has 3 rings (SSSR count). The number of sulfonamides is 1. The molecule has 0 amide bonds. The number of hydrogen-bond donors (Lipinski definition) is 1. The highest BCUT2D eigenvalue weighted by atomic mass is 79.9. The van der Waals surface area contributed by atoms with E-state index in [0.29, 0.717) is 15.4 Å². The molecule has 2 aromatic rings. The van der Waals surface area contributed by atoms with Crippen LogP contribution in [0.5, 0.6) is 0 Å². The zero-order chi connectivity index (χ0) is 17.1. The summed E-state index contributed by atoms with van der Waals surface area (Å²) in [6.07, 6.45) is 0. The number of likely N-dealkylation sites (N-methyl/N-ethyl adjacent to an activating group) is 1. The van der Waals surface area contributed by atoms with Gasteiger partial charge in [0.25, 0.3) is 10.0 Å². The molecule has 1 aromatic carbocycles. The number of rotatable bonds is 1. The summed E-state index contributed by atoms with van der Waals surface area (Å²) in [5, 5.41) is 11.0. The lowest BCUT2D eigenvalue weighted by Gasteiger charge is -2.26. The Bertz CT molecular complexity index is 990. The minimum Gasteiger partial charge on any atom is -0.504 e. The number of aliphatic hydroxyl groups excluding tert-OH is 1. The standard InChI is InChI=1S/C14H13BrN2O5S/c1-16-9-5-4-7(15)6-8(9)13-10(16)12(18)11(14(19)22-3)17(2)23(13,20)21/h4-6,18H,1-3H3. The quantitative estimate of drug-likeness (QED) is 0.739. The van der Waals surface area contributed by atoms with Crippen LogP contribution in [0.4, 0.5) is 0 Å². The monoisotopic (exact) mass is 400 g/mol. The van der Waals surface area contributed by atoms with Crippen molar-refractivity contribution in [2.75, 3.05) is 14.2 Å². The van der Waals surface area contributed by atoms with E-state index in [1.54, 1.807) is 29.8 Å². The van der Waals surface area contributed by atoms with Gasteiger partial charge < -0.3 is 14.4 Å². The molecule has 0 radical (unpaired) electrons. The summed E-state index contributed by atoms with van der Waals surface area (Å²) in [7, 11) is -0.0534. The number of halogens is 1. The number of esters is 1. The first-order valence-electron chi connectivity index (χ1n) is 6.50. The van der Waals surface area contributed by atoms with E-state index in [1.165, 1.54) is 7.05 Å². The lowest BCUT2D eigenvalue weighted by atomic mass is 10.2. The average molecular weight is 401 g/mol. The summed E-state index contributed by atoms with van der Waals surface area (Å²) in [6, 6.07) is 5.17. The Labute approximate surface area is 140 Å². The molecule has 122 valence electrons. The average Bonchev–Trinajstić information content (AvgIpc) is 2.79. The number of nitrogens with zero attached hydrogens (tertiary/aromatic N) is 2. The van der Waals surface area contributed by atoms with Gasteiger partial charge >= 0.3 is 5.97 Å². The number of fused-ring (bicyclic) bond motifs is 3. The van der Waals surface area contributed by atoms with E-state index in [0.717, 1.165) is 11.4 Å². The molecule has 23 heavy (non-hydrogen) atoms. The van der Waals surface area contributed by atoms with Crippen LogP contribution in [0.3, 0.4) is 0 Å². The van der Waals surface area contributed by atoms with E-state index in [4.69, 9.17) is 0 Å². The predicted octanol–water partition coefficient (Wildman–Crippen LogP) is 1.97. The van der Waals surface area contributed by atoms with Crippen LogP contribution in [0, 0.1) is 0 Å². The first kappa shape index (κ1) is 15.9. The molecule has 7 nitrogen and oxygen atoms in total. The second kappa shape index (κ2) is 5.00. The van der Waals surface area contributed by atoms with Crippen molar-refractivity contribution < 1.29 is 23.1 Å². The Morgan fingerprint density at radius 3 is 2.57 bits per heavy atom. The highest BCUT2D eigenvalue weighted by Crippen LogP contribution is 2.41. The topological polar surface area (TPSA) is 88.8 Å². The molecule has 0 bridgehead atoms. The van der Waals surface area contributed by atoms with E-state index in [9.17, 15) is 18.3 Å². The molecule has 1 aromatic heterocycles. The number of carbonyl (C=O) groups is 1. The number of carbonyl (C=O) groups excluding carboxylic acids is 1. The van der Waals surface area contributed by atoms with E-state index < -0.39 is 27.4 Å². The SMILES string of the molecule is COC(=O)C1=C(O)c2c(c3cc(Br)ccc3n2C)S(=O)(=O)N1C. The zero-order valence-corrected chi connectivity index (χ0v) is 14.9. The van der Waals surface area contributed by atoms with E-state index >= 15 is 0 Å². The molecule has 0 fully saturated rings. The molecule has 1 N–H and O–H groups in total. The first-order chi connectivity index (χ1) is 10.7. The van der Waals surface area contributed by atoms with Crippen LogP contribution in [0.2, 0.25) is 0 Å². The van der Waals surface area contributed by atoms with Gasteiger partial charge in [-0.3, -0.25) is 4.31 Å². The van der Waals surface area contributed by atoms with Crippen LogP contribution in [0.25, 0.3) is 16.7 Å². The molecule has 1 aliphatic heterocycles. The van der Waals surface area contributed by atoms with Gasteiger partial charge in [0, 0.05) is 29.5 Å². The van der Waals surface area contributed by atoms with Crippen molar-refractivity contribution >= 4 is 48.6 Å². The summed E-state index contributed by atoms with van der Waals surface area (Å²) in [5.41, 5.74) is 0.273. The molecule has 2 heterocycles. The van der Waals surface area contributed by atoms with Gasteiger partial charge in [0.1, 0.15) is 10.6 Å². The number of aliphatic hydroxyl groups is 1. The van der Waals surface area contributed by atoms with Gasteiger partial charge in [0.15, 0.2) is 11.5 Å². The van der Waals surface area contributed by atoms with E-state index in [-0.39, 0.29) is 10.6 Å². The van der Waals surface area contributed by atoms with Gasteiger partial charge in [-0.05, 0) is 18.2 Å². The second-order valence-corrected chi connectivity index (χ2v) is 7.88. The molecule has 0 aliphatic carbocycles. The number of benzene rings is 1. The molecule has 9 heteroatoms. The molecule has 0 atom stereocenters. The Morgan fingerprint density at radius 1 is 1.30 bits per heavy atom. The summed E-state index contributed by atoms with van der Waals surface area (Å²) in [4.78, 5) is 11.9. The van der Waals surface area contributed by atoms with Gasteiger partial charge in [-0.1, -0.05) is 15.9 Å². The van der Waals surface area contributed by atoms with Crippen molar-refractivity contribution in [3.05, 3.63) is 34.1 Å². The highest BCUT2D eigenvalue weighted by Gasteiger charge is 2.42. The minimum absolute atomic E-state index is 0.0380. The Hall–Kier alpha value is -2.00. The maximum absolute atomic E-state index is 12.9. The Balaban J connectivity index is 2.53. The number of methoxy groups -OCH3 is 1. The van der Waals surface area contributed by atoms with Gasteiger partial charge in [-0.2, -0.15) is 0 Å². The molecular formula is C14H13BrN2O5S. The van der Waals surface area contributed by atoms with Crippen LogP contribution >= 0.6 is 15.9 Å². The maximum Gasteiger partial charge on any atom is 0.359 e. The summed E-state index contributed by atoms with van der Waals surface area (Å²) in [5.74, 6) is -1.36. The van der Waals surface area contributed by atoms with Crippen molar-refractivity contribution in [3.63, 3.8) is 0 Å². The van der Waals surface area contributed by atoms with E-state index in [1.807, 2.05) is 0 Å². The molecule has 1 aliphatic rings. The van der Waals surface area contributed by atoms with Crippen LogP contribution in [-0.4, -0.2) is 42.5 Å². The number of aryl methyl sites for hydroxylation is 1. The highest BCUT2D eigenvalue weighted by molar-refractivity contribution is 9.10. The van der Waals surface area contributed by atoms with Gasteiger partial charge in [-0.15, -0.1) is 0 Å².